The Balaban J connectivity index is 1.67. The van der Waals surface area contributed by atoms with Gasteiger partial charge in [-0.15, -0.1) is 0 Å². The van der Waals surface area contributed by atoms with E-state index in [9.17, 15) is 9.18 Å². The summed E-state index contributed by atoms with van der Waals surface area (Å²) in [5, 5.41) is 7.72. The van der Waals surface area contributed by atoms with Gasteiger partial charge in [0.25, 0.3) is 0 Å². The van der Waals surface area contributed by atoms with Crippen LogP contribution in [0.25, 0.3) is 0 Å². The van der Waals surface area contributed by atoms with Gasteiger partial charge in [0.1, 0.15) is 11.6 Å². The molecule has 0 saturated carbocycles. The van der Waals surface area contributed by atoms with Crippen molar-refractivity contribution in [2.45, 2.75) is 33.4 Å². The first-order valence-corrected chi connectivity index (χ1v) is 9.61. The highest BCUT2D eigenvalue weighted by Gasteiger charge is 2.15. The SMILES string of the molecule is COc1cccc(Cn2nc(C)c(CC(=O)NCc3ccc(F)cc3Cl)c2C)c1. The molecule has 152 valence electrons. The maximum atomic E-state index is 13.1. The van der Waals surface area contributed by atoms with E-state index >= 15 is 0 Å². The van der Waals surface area contributed by atoms with E-state index in [1.54, 1.807) is 13.2 Å². The maximum absolute atomic E-state index is 13.1. The van der Waals surface area contributed by atoms with Crippen LogP contribution < -0.4 is 10.1 Å². The van der Waals surface area contributed by atoms with Gasteiger partial charge in [-0.05, 0) is 49.2 Å². The summed E-state index contributed by atoms with van der Waals surface area (Å²) in [7, 11) is 1.64. The van der Waals surface area contributed by atoms with Crippen molar-refractivity contribution >= 4 is 17.5 Å². The molecule has 0 aliphatic heterocycles. The van der Waals surface area contributed by atoms with E-state index in [1.807, 2.05) is 42.8 Å². The normalized spacial score (nSPS) is 10.8. The van der Waals surface area contributed by atoms with E-state index in [0.717, 1.165) is 28.3 Å². The van der Waals surface area contributed by atoms with Crippen LogP contribution >= 0.6 is 11.6 Å². The summed E-state index contributed by atoms with van der Waals surface area (Å²) in [6.07, 6.45) is 0.217. The number of ether oxygens (including phenoxy) is 1. The number of aryl methyl sites for hydroxylation is 1. The Morgan fingerprint density at radius 2 is 2.03 bits per heavy atom. The minimum Gasteiger partial charge on any atom is -0.497 e. The van der Waals surface area contributed by atoms with Crippen molar-refractivity contribution in [1.29, 1.82) is 0 Å². The number of halogens is 2. The van der Waals surface area contributed by atoms with Gasteiger partial charge in [-0.25, -0.2) is 4.39 Å². The molecule has 0 aliphatic carbocycles. The van der Waals surface area contributed by atoms with Gasteiger partial charge in [0.2, 0.25) is 5.91 Å². The lowest BCUT2D eigenvalue weighted by Gasteiger charge is -2.09. The van der Waals surface area contributed by atoms with Crippen LogP contribution in [0.4, 0.5) is 4.39 Å². The maximum Gasteiger partial charge on any atom is 0.224 e. The molecule has 1 N–H and O–H groups in total. The zero-order valence-electron chi connectivity index (χ0n) is 16.6. The van der Waals surface area contributed by atoms with Crippen molar-refractivity contribution in [3.63, 3.8) is 0 Å². The lowest BCUT2D eigenvalue weighted by molar-refractivity contribution is -0.120. The zero-order chi connectivity index (χ0) is 21.0. The summed E-state index contributed by atoms with van der Waals surface area (Å²) in [6, 6.07) is 11.9. The molecule has 0 saturated heterocycles. The topological polar surface area (TPSA) is 56.2 Å². The third-order valence-corrected chi connectivity index (χ3v) is 5.18. The monoisotopic (exact) mass is 415 g/mol. The average Bonchev–Trinajstić information content (AvgIpc) is 2.95. The molecular formula is C22H23ClFN3O2. The number of carbonyl (C=O) groups is 1. The summed E-state index contributed by atoms with van der Waals surface area (Å²) in [5.74, 6) is 0.250. The van der Waals surface area contributed by atoms with E-state index < -0.39 is 5.82 Å². The number of nitrogens with zero attached hydrogens (tertiary/aromatic N) is 2. The van der Waals surface area contributed by atoms with Crippen LogP contribution in [0, 0.1) is 19.7 Å². The quantitative estimate of drug-likeness (QED) is 0.629. The second kappa shape index (κ2) is 9.09. The third kappa shape index (κ3) is 5.15. The molecule has 0 fully saturated rings. The largest absolute Gasteiger partial charge is 0.497 e. The Labute approximate surface area is 174 Å². The minimum atomic E-state index is -0.403. The van der Waals surface area contributed by atoms with Crippen molar-refractivity contribution in [1.82, 2.24) is 15.1 Å². The Bertz CT molecular complexity index is 1030. The summed E-state index contributed by atoms with van der Waals surface area (Å²) in [5.41, 5.74) is 4.40. The Kier molecular flexibility index (Phi) is 6.54. The molecule has 0 spiro atoms. The number of rotatable bonds is 7. The van der Waals surface area contributed by atoms with Gasteiger partial charge < -0.3 is 10.1 Å². The summed E-state index contributed by atoms with van der Waals surface area (Å²) in [6.45, 7) is 4.69. The number of carbonyl (C=O) groups excluding carboxylic acids is 1. The van der Waals surface area contributed by atoms with Crippen LogP contribution in [0.2, 0.25) is 5.02 Å². The van der Waals surface area contributed by atoms with Gasteiger partial charge in [0.15, 0.2) is 0 Å². The van der Waals surface area contributed by atoms with Crippen molar-refractivity contribution < 1.29 is 13.9 Å². The predicted octanol–water partition coefficient (Wildman–Crippen LogP) is 4.21. The van der Waals surface area contributed by atoms with Gasteiger partial charge in [-0.3, -0.25) is 9.48 Å². The van der Waals surface area contributed by atoms with Gasteiger partial charge in [-0.1, -0.05) is 29.8 Å². The number of hydrogen-bond donors (Lipinski definition) is 1. The van der Waals surface area contributed by atoms with E-state index in [1.165, 1.54) is 12.1 Å². The van der Waals surface area contributed by atoms with Crippen LogP contribution in [-0.4, -0.2) is 22.8 Å². The minimum absolute atomic E-state index is 0.141. The fourth-order valence-electron chi connectivity index (χ4n) is 3.17. The molecule has 0 atom stereocenters. The summed E-state index contributed by atoms with van der Waals surface area (Å²) in [4.78, 5) is 12.4. The first-order valence-electron chi connectivity index (χ1n) is 9.24. The van der Waals surface area contributed by atoms with Crippen LogP contribution in [0.3, 0.4) is 0 Å². The highest BCUT2D eigenvalue weighted by Crippen LogP contribution is 2.19. The number of amides is 1. The fourth-order valence-corrected chi connectivity index (χ4v) is 3.40. The van der Waals surface area contributed by atoms with Crippen molar-refractivity contribution in [3.8, 4) is 5.75 Å². The highest BCUT2D eigenvalue weighted by molar-refractivity contribution is 6.31. The van der Waals surface area contributed by atoms with Gasteiger partial charge >= 0.3 is 0 Å². The van der Waals surface area contributed by atoms with Crippen molar-refractivity contribution in [2.75, 3.05) is 7.11 Å². The number of methoxy groups -OCH3 is 1. The Morgan fingerprint density at radius 3 is 2.76 bits per heavy atom. The van der Waals surface area contributed by atoms with Crippen LogP contribution in [0.15, 0.2) is 42.5 Å². The smallest absolute Gasteiger partial charge is 0.224 e. The molecule has 0 unspecified atom stereocenters. The molecule has 29 heavy (non-hydrogen) atoms. The molecule has 0 bridgehead atoms. The molecule has 7 heteroatoms. The van der Waals surface area contributed by atoms with Gasteiger partial charge in [0.05, 0.1) is 25.8 Å². The molecule has 1 heterocycles. The van der Waals surface area contributed by atoms with Gasteiger partial charge in [-0.2, -0.15) is 5.10 Å². The highest BCUT2D eigenvalue weighted by atomic mass is 35.5. The Hall–Kier alpha value is -2.86. The second-order valence-electron chi connectivity index (χ2n) is 6.85. The fraction of sp³-hybridized carbons (Fsp3) is 0.273. The van der Waals surface area contributed by atoms with Crippen molar-refractivity contribution in [3.05, 3.63) is 81.4 Å². The number of hydrogen-bond acceptors (Lipinski definition) is 3. The first kappa shape index (κ1) is 20.9. The van der Waals surface area contributed by atoms with E-state index in [2.05, 4.69) is 10.4 Å². The molecule has 1 amide bonds. The predicted molar refractivity (Wildman–Crippen MR) is 111 cm³/mol. The average molecular weight is 416 g/mol. The number of nitrogens with one attached hydrogen (secondary N) is 1. The zero-order valence-corrected chi connectivity index (χ0v) is 17.4. The lowest BCUT2D eigenvalue weighted by atomic mass is 10.1. The van der Waals surface area contributed by atoms with Crippen LogP contribution in [-0.2, 0) is 24.3 Å². The number of aromatic nitrogens is 2. The molecule has 2 aromatic carbocycles. The number of benzene rings is 2. The molecule has 0 aliphatic rings. The molecule has 0 radical (unpaired) electrons. The van der Waals surface area contributed by atoms with Crippen LogP contribution in [0.5, 0.6) is 5.75 Å². The van der Waals surface area contributed by atoms with E-state index in [0.29, 0.717) is 17.1 Å². The molecule has 1 aromatic heterocycles. The molecule has 5 nitrogen and oxygen atoms in total. The Morgan fingerprint density at radius 1 is 1.24 bits per heavy atom. The third-order valence-electron chi connectivity index (χ3n) is 4.83. The molecule has 3 aromatic rings. The standard InChI is InChI=1S/C22H23ClFN3O2/c1-14-20(11-22(28)25-12-17-7-8-18(24)10-21(17)23)15(2)27(26-14)13-16-5-4-6-19(9-16)29-3/h4-10H,11-13H2,1-3H3,(H,25,28). The van der Waals surface area contributed by atoms with E-state index in [-0.39, 0.29) is 18.9 Å². The summed E-state index contributed by atoms with van der Waals surface area (Å²) < 4.78 is 20.3. The van der Waals surface area contributed by atoms with E-state index in [4.69, 9.17) is 16.3 Å². The second-order valence-corrected chi connectivity index (χ2v) is 7.25. The first-order chi connectivity index (χ1) is 13.9. The van der Waals surface area contributed by atoms with Crippen LogP contribution in [0.1, 0.15) is 28.1 Å². The van der Waals surface area contributed by atoms with Crippen molar-refractivity contribution in [2.24, 2.45) is 0 Å². The molecular weight excluding hydrogens is 393 g/mol. The lowest BCUT2D eigenvalue weighted by Crippen LogP contribution is -2.25. The molecule has 3 rings (SSSR count). The van der Waals surface area contributed by atoms with Gasteiger partial charge in [0, 0.05) is 22.8 Å². The summed E-state index contributed by atoms with van der Waals surface area (Å²) >= 11 is 6.01.